The molecule has 0 bridgehead atoms. The minimum atomic E-state index is 0.324. The molecule has 0 aliphatic carbocycles. The molecule has 3 nitrogen and oxygen atoms in total. The van der Waals surface area contributed by atoms with Gasteiger partial charge in [-0.2, -0.15) is 0 Å². The topological polar surface area (TPSA) is 25.2 Å². The van der Waals surface area contributed by atoms with E-state index in [1.165, 1.54) is 37.1 Å². The Labute approximate surface area is 110 Å². The molecule has 3 heteroatoms. The van der Waals surface area contributed by atoms with Gasteiger partial charge in [0.15, 0.2) is 0 Å². The third-order valence-electron chi connectivity index (χ3n) is 3.93. The molecule has 0 saturated carbocycles. The summed E-state index contributed by atoms with van der Waals surface area (Å²) in [6, 6.07) is 4.23. The molecule has 1 aromatic rings. The average Bonchev–Trinajstić information content (AvgIpc) is 2.61. The van der Waals surface area contributed by atoms with Gasteiger partial charge in [-0.1, -0.05) is 12.8 Å². The molecule has 0 atom stereocenters. The van der Waals surface area contributed by atoms with Crippen LogP contribution < -0.4 is 0 Å². The minimum absolute atomic E-state index is 0.324. The molecule has 1 aliphatic heterocycles. The van der Waals surface area contributed by atoms with Crippen LogP contribution in [0.5, 0.6) is 0 Å². The lowest BCUT2D eigenvalue weighted by Crippen LogP contribution is -2.32. The Kier molecular flexibility index (Phi) is 4.45. The lowest BCUT2D eigenvalue weighted by Gasteiger charge is -2.20. The molecule has 1 aromatic heterocycles. The van der Waals surface area contributed by atoms with Crippen LogP contribution in [0.25, 0.3) is 0 Å². The summed E-state index contributed by atoms with van der Waals surface area (Å²) in [6.45, 7) is 6.94. The molecular formula is C15H24N2O. The largest absolute Gasteiger partial charge is 0.349 e. The van der Waals surface area contributed by atoms with Gasteiger partial charge in [0.1, 0.15) is 0 Å². The Morgan fingerprint density at radius 2 is 1.61 bits per heavy atom. The lowest BCUT2D eigenvalue weighted by molar-refractivity contribution is -0.131. The fourth-order valence-corrected chi connectivity index (χ4v) is 2.74. The second kappa shape index (κ2) is 6.07. The summed E-state index contributed by atoms with van der Waals surface area (Å²) < 4.78 is 2.23. The molecule has 2 rings (SSSR count). The Balaban J connectivity index is 1.87. The number of hydrogen-bond acceptors (Lipinski definition) is 1. The third kappa shape index (κ3) is 3.15. The molecule has 0 N–H and O–H groups in total. The summed E-state index contributed by atoms with van der Waals surface area (Å²) >= 11 is 0. The van der Waals surface area contributed by atoms with Crippen molar-refractivity contribution in [1.29, 1.82) is 0 Å². The Bertz CT molecular complexity index is 381. The summed E-state index contributed by atoms with van der Waals surface area (Å²) in [7, 11) is 0. The summed E-state index contributed by atoms with van der Waals surface area (Å²) in [5.74, 6) is 0.324. The summed E-state index contributed by atoms with van der Waals surface area (Å²) in [5, 5.41) is 0. The summed E-state index contributed by atoms with van der Waals surface area (Å²) in [5.41, 5.74) is 2.49. The van der Waals surface area contributed by atoms with E-state index in [-0.39, 0.29) is 0 Å². The maximum Gasteiger partial charge on any atom is 0.224 e. The molecule has 2 heterocycles. The Hall–Kier alpha value is -1.25. The average molecular weight is 248 g/mol. The number of carbonyl (C=O) groups excluding carboxylic acids is 1. The number of likely N-dealkylation sites (tertiary alicyclic amines) is 1. The minimum Gasteiger partial charge on any atom is -0.349 e. The van der Waals surface area contributed by atoms with Crippen LogP contribution in [-0.4, -0.2) is 28.5 Å². The van der Waals surface area contributed by atoms with Gasteiger partial charge in [0.25, 0.3) is 0 Å². The number of carbonyl (C=O) groups is 1. The smallest absolute Gasteiger partial charge is 0.224 e. The summed E-state index contributed by atoms with van der Waals surface area (Å²) in [4.78, 5) is 14.2. The van der Waals surface area contributed by atoms with E-state index >= 15 is 0 Å². The van der Waals surface area contributed by atoms with Crippen LogP contribution in [0, 0.1) is 13.8 Å². The van der Waals surface area contributed by atoms with Gasteiger partial charge in [0, 0.05) is 37.4 Å². The molecule has 1 aliphatic rings. The Morgan fingerprint density at radius 1 is 1.06 bits per heavy atom. The van der Waals surface area contributed by atoms with Crippen molar-refractivity contribution >= 4 is 5.91 Å². The quantitative estimate of drug-likeness (QED) is 0.807. The van der Waals surface area contributed by atoms with Gasteiger partial charge in [-0.25, -0.2) is 0 Å². The van der Waals surface area contributed by atoms with Gasteiger partial charge < -0.3 is 9.47 Å². The molecule has 0 spiro atoms. The maximum absolute atomic E-state index is 12.2. The second-order valence-corrected chi connectivity index (χ2v) is 5.31. The van der Waals surface area contributed by atoms with Crippen LogP contribution in [0.1, 0.15) is 43.5 Å². The first-order valence-electron chi connectivity index (χ1n) is 7.09. The van der Waals surface area contributed by atoms with Crippen LogP contribution in [0.4, 0.5) is 0 Å². The van der Waals surface area contributed by atoms with Crippen molar-refractivity contribution < 1.29 is 4.79 Å². The first kappa shape index (κ1) is 13.2. The number of nitrogens with zero attached hydrogens (tertiary/aromatic N) is 2. The van der Waals surface area contributed by atoms with Crippen LogP contribution in [0.15, 0.2) is 12.1 Å². The van der Waals surface area contributed by atoms with Crippen molar-refractivity contribution in [3.05, 3.63) is 23.5 Å². The molecule has 0 unspecified atom stereocenters. The normalized spacial score (nSPS) is 16.7. The second-order valence-electron chi connectivity index (χ2n) is 5.31. The number of amides is 1. The van der Waals surface area contributed by atoms with Crippen LogP contribution >= 0.6 is 0 Å². The van der Waals surface area contributed by atoms with E-state index in [9.17, 15) is 4.79 Å². The first-order chi connectivity index (χ1) is 8.68. The highest BCUT2D eigenvalue weighted by Gasteiger charge is 2.15. The van der Waals surface area contributed by atoms with Crippen molar-refractivity contribution in [2.24, 2.45) is 0 Å². The SMILES string of the molecule is Cc1ccc(C)n1CCC(=O)N1CCCCCC1. The van der Waals surface area contributed by atoms with Crippen molar-refractivity contribution in [3.63, 3.8) is 0 Å². The van der Waals surface area contributed by atoms with E-state index in [2.05, 4.69) is 35.4 Å². The number of aryl methyl sites for hydroxylation is 2. The highest BCUT2D eigenvalue weighted by molar-refractivity contribution is 5.76. The zero-order valence-corrected chi connectivity index (χ0v) is 11.6. The predicted molar refractivity (Wildman–Crippen MR) is 73.6 cm³/mol. The standard InChI is InChI=1S/C15H24N2O/c1-13-7-8-14(2)17(13)12-9-15(18)16-10-5-3-4-6-11-16/h7-8H,3-6,9-12H2,1-2H3. The highest BCUT2D eigenvalue weighted by Crippen LogP contribution is 2.12. The molecule has 1 fully saturated rings. The van der Waals surface area contributed by atoms with Gasteiger partial charge in [0.05, 0.1) is 0 Å². The lowest BCUT2D eigenvalue weighted by atomic mass is 10.2. The van der Waals surface area contributed by atoms with Gasteiger partial charge >= 0.3 is 0 Å². The summed E-state index contributed by atoms with van der Waals surface area (Å²) in [6.07, 6.45) is 5.54. The van der Waals surface area contributed by atoms with Crippen molar-refractivity contribution in [3.8, 4) is 0 Å². The molecule has 100 valence electrons. The maximum atomic E-state index is 12.2. The third-order valence-corrected chi connectivity index (χ3v) is 3.93. The zero-order valence-electron chi connectivity index (χ0n) is 11.6. The van der Waals surface area contributed by atoms with E-state index in [4.69, 9.17) is 0 Å². The van der Waals surface area contributed by atoms with Crippen molar-refractivity contribution in [2.75, 3.05) is 13.1 Å². The van der Waals surface area contributed by atoms with E-state index in [1.54, 1.807) is 0 Å². The molecule has 0 radical (unpaired) electrons. The Morgan fingerprint density at radius 3 is 2.17 bits per heavy atom. The predicted octanol–water partition coefficient (Wildman–Crippen LogP) is 2.90. The molecule has 1 saturated heterocycles. The van der Waals surface area contributed by atoms with Crippen LogP contribution in [0.3, 0.4) is 0 Å². The molecule has 0 aromatic carbocycles. The van der Waals surface area contributed by atoms with Gasteiger partial charge in [0.2, 0.25) is 5.91 Å². The molecule has 18 heavy (non-hydrogen) atoms. The number of aromatic nitrogens is 1. The number of hydrogen-bond donors (Lipinski definition) is 0. The monoisotopic (exact) mass is 248 g/mol. The fourth-order valence-electron chi connectivity index (χ4n) is 2.74. The first-order valence-corrected chi connectivity index (χ1v) is 7.09. The molecular weight excluding hydrogens is 224 g/mol. The van der Waals surface area contributed by atoms with E-state index < -0.39 is 0 Å². The van der Waals surface area contributed by atoms with E-state index in [0.717, 1.165) is 19.6 Å². The molecule has 1 amide bonds. The number of rotatable bonds is 3. The van der Waals surface area contributed by atoms with E-state index in [0.29, 0.717) is 12.3 Å². The van der Waals surface area contributed by atoms with Crippen LogP contribution in [-0.2, 0) is 11.3 Å². The van der Waals surface area contributed by atoms with Crippen molar-refractivity contribution in [2.45, 2.75) is 52.5 Å². The van der Waals surface area contributed by atoms with E-state index in [1.807, 2.05) is 0 Å². The van der Waals surface area contributed by atoms with Crippen LogP contribution in [0.2, 0.25) is 0 Å². The van der Waals surface area contributed by atoms with Gasteiger partial charge in [-0.05, 0) is 38.8 Å². The zero-order chi connectivity index (χ0) is 13.0. The van der Waals surface area contributed by atoms with Crippen molar-refractivity contribution in [1.82, 2.24) is 9.47 Å². The van der Waals surface area contributed by atoms with Gasteiger partial charge in [-0.15, -0.1) is 0 Å². The fraction of sp³-hybridized carbons (Fsp3) is 0.667. The van der Waals surface area contributed by atoms with Gasteiger partial charge in [-0.3, -0.25) is 4.79 Å². The highest BCUT2D eigenvalue weighted by atomic mass is 16.2.